The average Bonchev–Trinajstić information content (AvgIpc) is 2.36. The molecule has 0 aliphatic rings. The molecule has 1 rings (SSSR count). The number of hydrogen-bond donors (Lipinski definition) is 0. The van der Waals surface area contributed by atoms with Crippen molar-refractivity contribution in [2.75, 3.05) is 0 Å². The highest BCUT2D eigenvalue weighted by atomic mass is 35.5. The number of hydrogen-bond acceptors (Lipinski definition) is 1. The van der Waals surface area contributed by atoms with Crippen LogP contribution < -0.4 is 0 Å². The largest absolute Gasteiger partial charge is 0.192 e. The van der Waals surface area contributed by atoms with Crippen LogP contribution in [0.5, 0.6) is 0 Å². The summed E-state index contributed by atoms with van der Waals surface area (Å²) in [4.78, 5) is 0. The van der Waals surface area contributed by atoms with E-state index in [1.165, 1.54) is 0 Å². The predicted octanol–water partition coefficient (Wildman–Crippen LogP) is 4.64. The molecule has 0 heterocycles. The number of nitrogens with zero attached hydrogens (tertiary/aromatic N) is 1. The summed E-state index contributed by atoms with van der Waals surface area (Å²) in [5, 5.41) is 9.21. The SMILES string of the molecule is CCCCC(Cl)Cc1ccc(CCl)cc1C#N. The van der Waals surface area contributed by atoms with E-state index in [9.17, 15) is 0 Å². The molecule has 17 heavy (non-hydrogen) atoms. The molecule has 3 heteroatoms. The summed E-state index contributed by atoms with van der Waals surface area (Å²) in [6.45, 7) is 2.15. The van der Waals surface area contributed by atoms with Gasteiger partial charge in [-0.2, -0.15) is 5.26 Å². The number of alkyl halides is 2. The van der Waals surface area contributed by atoms with Crippen LogP contribution in [0, 0.1) is 11.3 Å². The summed E-state index contributed by atoms with van der Waals surface area (Å²) in [5.74, 6) is 0.440. The highest BCUT2D eigenvalue weighted by molar-refractivity contribution is 6.20. The molecule has 0 radical (unpaired) electrons. The molecule has 0 amide bonds. The van der Waals surface area contributed by atoms with E-state index in [2.05, 4.69) is 13.0 Å². The van der Waals surface area contributed by atoms with Gasteiger partial charge in [-0.3, -0.25) is 0 Å². The summed E-state index contributed by atoms with van der Waals surface area (Å²) in [6.07, 6.45) is 4.04. The van der Waals surface area contributed by atoms with Gasteiger partial charge in [-0.25, -0.2) is 0 Å². The zero-order valence-corrected chi connectivity index (χ0v) is 11.6. The van der Waals surface area contributed by atoms with Crippen molar-refractivity contribution in [3.05, 3.63) is 34.9 Å². The van der Waals surface area contributed by atoms with Crippen molar-refractivity contribution in [1.82, 2.24) is 0 Å². The zero-order chi connectivity index (χ0) is 12.7. The van der Waals surface area contributed by atoms with E-state index in [0.29, 0.717) is 11.4 Å². The van der Waals surface area contributed by atoms with E-state index in [1.807, 2.05) is 18.2 Å². The Morgan fingerprint density at radius 1 is 1.41 bits per heavy atom. The van der Waals surface area contributed by atoms with Crippen LogP contribution in [0.15, 0.2) is 18.2 Å². The van der Waals surface area contributed by atoms with Gasteiger partial charge >= 0.3 is 0 Å². The normalized spacial score (nSPS) is 12.1. The van der Waals surface area contributed by atoms with E-state index < -0.39 is 0 Å². The fourth-order valence-corrected chi connectivity index (χ4v) is 2.24. The second-order valence-electron chi connectivity index (χ2n) is 4.18. The van der Waals surface area contributed by atoms with E-state index >= 15 is 0 Å². The zero-order valence-electron chi connectivity index (χ0n) is 10.0. The van der Waals surface area contributed by atoms with Crippen molar-refractivity contribution < 1.29 is 0 Å². The topological polar surface area (TPSA) is 23.8 Å². The maximum Gasteiger partial charge on any atom is 0.0994 e. The van der Waals surface area contributed by atoms with Gasteiger partial charge in [-0.05, 0) is 30.0 Å². The van der Waals surface area contributed by atoms with Crippen molar-refractivity contribution in [2.24, 2.45) is 0 Å². The minimum atomic E-state index is 0.115. The lowest BCUT2D eigenvalue weighted by Gasteiger charge is -2.10. The van der Waals surface area contributed by atoms with Crippen LogP contribution >= 0.6 is 23.2 Å². The number of rotatable bonds is 6. The maximum absolute atomic E-state index is 9.09. The van der Waals surface area contributed by atoms with Crippen molar-refractivity contribution >= 4 is 23.2 Å². The third kappa shape index (κ3) is 4.58. The lowest BCUT2D eigenvalue weighted by molar-refractivity contribution is 0.673. The molecule has 1 nitrogen and oxygen atoms in total. The third-order valence-electron chi connectivity index (χ3n) is 2.76. The molecule has 0 bridgehead atoms. The first-order valence-electron chi connectivity index (χ1n) is 5.93. The molecule has 1 atom stereocenters. The van der Waals surface area contributed by atoms with Gasteiger partial charge in [0.1, 0.15) is 0 Å². The van der Waals surface area contributed by atoms with Gasteiger partial charge in [0, 0.05) is 11.3 Å². The molecule has 0 spiro atoms. The Morgan fingerprint density at radius 3 is 2.76 bits per heavy atom. The van der Waals surface area contributed by atoms with Crippen LogP contribution in [-0.2, 0) is 12.3 Å². The molecule has 0 aliphatic heterocycles. The minimum absolute atomic E-state index is 0.115. The van der Waals surface area contributed by atoms with Gasteiger partial charge in [0.25, 0.3) is 0 Å². The number of benzene rings is 1. The molecule has 0 aromatic heterocycles. The van der Waals surface area contributed by atoms with Gasteiger partial charge in [0.15, 0.2) is 0 Å². The Labute approximate surface area is 113 Å². The molecule has 0 aliphatic carbocycles. The van der Waals surface area contributed by atoms with Crippen molar-refractivity contribution in [3.63, 3.8) is 0 Å². The van der Waals surface area contributed by atoms with Crippen molar-refractivity contribution in [1.29, 1.82) is 5.26 Å². The standard InChI is InChI=1S/C14H17Cl2N/c1-2-3-4-14(16)8-12-6-5-11(9-15)7-13(12)10-17/h5-7,14H,2-4,8-9H2,1H3. The second kappa shape index (κ2) is 7.58. The molecule has 1 unspecified atom stereocenters. The predicted molar refractivity (Wildman–Crippen MR) is 73.6 cm³/mol. The van der Waals surface area contributed by atoms with Gasteiger partial charge in [0.05, 0.1) is 11.6 Å². The van der Waals surface area contributed by atoms with Crippen LogP contribution in [0.4, 0.5) is 0 Å². The smallest absolute Gasteiger partial charge is 0.0994 e. The first-order valence-corrected chi connectivity index (χ1v) is 6.90. The maximum atomic E-state index is 9.09. The molecule has 0 fully saturated rings. The number of halogens is 2. The summed E-state index contributed by atoms with van der Waals surface area (Å²) in [7, 11) is 0. The van der Waals surface area contributed by atoms with E-state index in [4.69, 9.17) is 28.5 Å². The molecule has 92 valence electrons. The van der Waals surface area contributed by atoms with Crippen LogP contribution in [0.1, 0.15) is 42.9 Å². The first kappa shape index (κ1) is 14.4. The van der Waals surface area contributed by atoms with Crippen molar-refractivity contribution in [3.8, 4) is 6.07 Å². The molecular formula is C14H17Cl2N. The Kier molecular flexibility index (Phi) is 6.40. The second-order valence-corrected chi connectivity index (χ2v) is 5.07. The Bertz CT molecular complexity index is 396. The molecular weight excluding hydrogens is 253 g/mol. The van der Waals surface area contributed by atoms with Gasteiger partial charge in [-0.1, -0.05) is 31.9 Å². The summed E-state index contributed by atoms with van der Waals surface area (Å²) in [5.41, 5.74) is 2.70. The van der Waals surface area contributed by atoms with Crippen LogP contribution in [-0.4, -0.2) is 5.38 Å². The van der Waals surface area contributed by atoms with E-state index in [1.54, 1.807) is 0 Å². The number of unbranched alkanes of at least 4 members (excludes halogenated alkanes) is 1. The highest BCUT2D eigenvalue weighted by Gasteiger charge is 2.09. The Balaban J connectivity index is 2.74. The van der Waals surface area contributed by atoms with Crippen LogP contribution in [0.3, 0.4) is 0 Å². The molecule has 1 aromatic rings. The van der Waals surface area contributed by atoms with Gasteiger partial charge in [-0.15, -0.1) is 23.2 Å². The summed E-state index contributed by atoms with van der Waals surface area (Å²) >= 11 is 12.0. The Hall–Kier alpha value is -0.710. The molecule has 0 saturated heterocycles. The lowest BCUT2D eigenvalue weighted by Crippen LogP contribution is -2.05. The quantitative estimate of drug-likeness (QED) is 0.691. The molecule has 0 saturated carbocycles. The van der Waals surface area contributed by atoms with E-state index in [-0.39, 0.29) is 5.38 Å². The summed E-state index contributed by atoms with van der Waals surface area (Å²) < 4.78 is 0. The molecule has 0 N–H and O–H groups in total. The fraction of sp³-hybridized carbons (Fsp3) is 0.500. The third-order valence-corrected chi connectivity index (χ3v) is 3.44. The first-order chi connectivity index (χ1) is 8.21. The van der Waals surface area contributed by atoms with Crippen molar-refractivity contribution in [2.45, 2.75) is 43.9 Å². The average molecular weight is 270 g/mol. The fourth-order valence-electron chi connectivity index (χ4n) is 1.76. The lowest BCUT2D eigenvalue weighted by atomic mass is 9.99. The van der Waals surface area contributed by atoms with Crippen LogP contribution in [0.25, 0.3) is 0 Å². The van der Waals surface area contributed by atoms with Gasteiger partial charge in [0.2, 0.25) is 0 Å². The Morgan fingerprint density at radius 2 is 2.18 bits per heavy atom. The summed E-state index contributed by atoms with van der Waals surface area (Å²) in [6, 6.07) is 8.00. The highest BCUT2D eigenvalue weighted by Crippen LogP contribution is 2.19. The monoisotopic (exact) mass is 269 g/mol. The van der Waals surface area contributed by atoms with Gasteiger partial charge < -0.3 is 0 Å². The number of nitriles is 1. The van der Waals surface area contributed by atoms with E-state index in [0.717, 1.165) is 36.8 Å². The molecule has 1 aromatic carbocycles. The minimum Gasteiger partial charge on any atom is -0.192 e. The van der Waals surface area contributed by atoms with Crippen LogP contribution in [0.2, 0.25) is 0 Å².